The van der Waals surface area contributed by atoms with Gasteiger partial charge in [-0.2, -0.15) is 0 Å². The second kappa shape index (κ2) is 11.4. The van der Waals surface area contributed by atoms with Gasteiger partial charge in [-0.05, 0) is 74.0 Å². The first kappa shape index (κ1) is 24.9. The van der Waals surface area contributed by atoms with Gasteiger partial charge in [-0.25, -0.2) is 8.42 Å². The molecule has 0 spiro atoms. The predicted octanol–water partition coefficient (Wildman–Crippen LogP) is 4.61. The van der Waals surface area contributed by atoms with Crippen LogP contribution in [0.4, 0.5) is 11.4 Å². The Morgan fingerprint density at radius 3 is 2.32 bits per heavy atom. The first-order chi connectivity index (χ1) is 16.3. The van der Waals surface area contributed by atoms with Crippen LogP contribution < -0.4 is 24.2 Å². The van der Waals surface area contributed by atoms with E-state index in [2.05, 4.69) is 10.0 Å². The van der Waals surface area contributed by atoms with Gasteiger partial charge in [0.05, 0.1) is 26.7 Å². The third-order valence-electron chi connectivity index (χ3n) is 4.74. The number of hydrogen-bond donors (Lipinski definition) is 2. The van der Waals surface area contributed by atoms with Gasteiger partial charge in [0.25, 0.3) is 10.0 Å². The number of carbonyl (C=O) groups excluding carboxylic acids is 1. The normalized spacial score (nSPS) is 10.9. The Hall–Kier alpha value is -3.72. The molecule has 0 aliphatic heterocycles. The second-order valence-electron chi connectivity index (χ2n) is 7.39. The van der Waals surface area contributed by atoms with E-state index in [1.165, 1.54) is 19.2 Å². The van der Waals surface area contributed by atoms with E-state index >= 15 is 0 Å². The Morgan fingerprint density at radius 1 is 0.912 bits per heavy atom. The molecule has 0 aliphatic carbocycles. The minimum absolute atomic E-state index is 0.0994. The van der Waals surface area contributed by atoms with Crippen molar-refractivity contribution in [3.05, 3.63) is 72.3 Å². The van der Waals surface area contributed by atoms with Gasteiger partial charge in [0.1, 0.15) is 22.1 Å². The molecule has 0 aliphatic rings. The molecule has 8 nitrogen and oxygen atoms in total. The average molecular weight is 485 g/mol. The molecule has 0 saturated carbocycles. The number of aryl methyl sites for hydroxylation is 1. The lowest BCUT2D eigenvalue weighted by Crippen LogP contribution is -2.17. The minimum Gasteiger partial charge on any atom is -0.495 e. The fourth-order valence-corrected chi connectivity index (χ4v) is 4.41. The molecule has 0 saturated heterocycles. The third kappa shape index (κ3) is 6.89. The molecule has 0 bridgehead atoms. The highest BCUT2D eigenvalue weighted by atomic mass is 32.2. The monoisotopic (exact) mass is 484 g/mol. The molecule has 0 radical (unpaired) electrons. The first-order valence-corrected chi connectivity index (χ1v) is 12.2. The highest BCUT2D eigenvalue weighted by molar-refractivity contribution is 7.92. The van der Waals surface area contributed by atoms with Crippen LogP contribution in [0, 0.1) is 6.92 Å². The molecule has 34 heavy (non-hydrogen) atoms. The van der Waals surface area contributed by atoms with E-state index in [-0.39, 0.29) is 29.6 Å². The maximum absolute atomic E-state index is 13.0. The van der Waals surface area contributed by atoms with E-state index in [1.807, 2.05) is 38.1 Å². The van der Waals surface area contributed by atoms with Crippen LogP contribution in [0.5, 0.6) is 17.2 Å². The Labute approximate surface area is 199 Å². The zero-order chi connectivity index (χ0) is 24.6. The van der Waals surface area contributed by atoms with E-state index in [9.17, 15) is 13.2 Å². The van der Waals surface area contributed by atoms with Crippen molar-refractivity contribution < 1.29 is 27.4 Å². The summed E-state index contributed by atoms with van der Waals surface area (Å²) in [6.45, 7) is 4.53. The molecule has 0 unspecified atom stereocenters. The van der Waals surface area contributed by atoms with E-state index < -0.39 is 10.0 Å². The van der Waals surface area contributed by atoms with Gasteiger partial charge in [-0.15, -0.1) is 0 Å². The van der Waals surface area contributed by atoms with Crippen LogP contribution in [0.15, 0.2) is 71.6 Å². The molecule has 0 atom stereocenters. The highest BCUT2D eigenvalue weighted by Crippen LogP contribution is 2.29. The average Bonchev–Trinajstić information content (AvgIpc) is 2.80. The van der Waals surface area contributed by atoms with Crippen LogP contribution in [0.1, 0.15) is 18.9 Å². The fraction of sp³-hybridized carbons (Fsp3) is 0.240. The summed E-state index contributed by atoms with van der Waals surface area (Å²) in [5.74, 6) is 1.17. The van der Waals surface area contributed by atoms with Gasteiger partial charge in [-0.3, -0.25) is 9.52 Å². The lowest BCUT2D eigenvalue weighted by molar-refractivity contribution is -0.116. The van der Waals surface area contributed by atoms with E-state index in [0.717, 1.165) is 5.56 Å². The maximum Gasteiger partial charge on any atom is 0.265 e. The van der Waals surface area contributed by atoms with E-state index in [4.69, 9.17) is 14.2 Å². The SMILES string of the molecule is CCOc1ccc(NS(=O)(=O)c2cc(NC(=O)CCOc3cccc(C)c3)ccc2OC)cc1. The molecule has 0 heterocycles. The van der Waals surface area contributed by atoms with Crippen LogP contribution >= 0.6 is 0 Å². The lowest BCUT2D eigenvalue weighted by Gasteiger charge is -2.14. The van der Waals surface area contributed by atoms with Crippen molar-refractivity contribution in [2.24, 2.45) is 0 Å². The number of rotatable bonds is 11. The summed E-state index contributed by atoms with van der Waals surface area (Å²) in [6, 6.07) is 18.5. The van der Waals surface area contributed by atoms with Gasteiger partial charge < -0.3 is 19.5 Å². The molecule has 1 amide bonds. The van der Waals surface area contributed by atoms with Gasteiger partial charge in [-0.1, -0.05) is 12.1 Å². The van der Waals surface area contributed by atoms with Crippen LogP contribution in [0.3, 0.4) is 0 Å². The Balaban J connectivity index is 1.67. The molecule has 3 rings (SSSR count). The van der Waals surface area contributed by atoms with Crippen LogP contribution in [-0.2, 0) is 14.8 Å². The summed E-state index contributed by atoms with van der Waals surface area (Å²) in [6.07, 6.45) is 0.104. The quantitative estimate of drug-likeness (QED) is 0.412. The molecular weight excluding hydrogens is 456 g/mol. The highest BCUT2D eigenvalue weighted by Gasteiger charge is 2.21. The van der Waals surface area contributed by atoms with Crippen LogP contribution in [0.25, 0.3) is 0 Å². The summed E-state index contributed by atoms with van der Waals surface area (Å²) in [5.41, 5.74) is 1.76. The Kier molecular flexibility index (Phi) is 8.37. The topological polar surface area (TPSA) is 103 Å². The van der Waals surface area contributed by atoms with Gasteiger partial charge in [0.2, 0.25) is 5.91 Å². The van der Waals surface area contributed by atoms with Gasteiger partial charge in [0.15, 0.2) is 0 Å². The van der Waals surface area contributed by atoms with Crippen molar-refractivity contribution in [3.63, 3.8) is 0 Å². The number of sulfonamides is 1. The number of methoxy groups -OCH3 is 1. The fourth-order valence-electron chi connectivity index (χ4n) is 3.15. The number of benzene rings is 3. The molecular formula is C25H28N2O6S. The third-order valence-corrected chi connectivity index (χ3v) is 6.14. The summed E-state index contributed by atoms with van der Waals surface area (Å²) in [4.78, 5) is 12.3. The van der Waals surface area contributed by atoms with Crippen molar-refractivity contribution in [1.82, 2.24) is 0 Å². The van der Waals surface area contributed by atoms with E-state index in [0.29, 0.717) is 29.5 Å². The van der Waals surface area contributed by atoms with Crippen LogP contribution in [-0.4, -0.2) is 34.6 Å². The molecule has 180 valence electrons. The Bertz CT molecular complexity index is 1230. The molecule has 3 aromatic carbocycles. The summed E-state index contributed by atoms with van der Waals surface area (Å²) >= 11 is 0. The minimum atomic E-state index is -3.99. The Morgan fingerprint density at radius 2 is 1.65 bits per heavy atom. The van der Waals surface area contributed by atoms with Crippen molar-refractivity contribution in [2.45, 2.75) is 25.2 Å². The molecule has 3 aromatic rings. The summed E-state index contributed by atoms with van der Waals surface area (Å²) in [5, 5.41) is 2.71. The van der Waals surface area contributed by atoms with Crippen molar-refractivity contribution in [3.8, 4) is 17.2 Å². The van der Waals surface area contributed by atoms with Gasteiger partial charge >= 0.3 is 0 Å². The number of hydrogen-bond acceptors (Lipinski definition) is 6. The largest absolute Gasteiger partial charge is 0.495 e. The molecule has 2 N–H and O–H groups in total. The zero-order valence-electron chi connectivity index (χ0n) is 19.3. The second-order valence-corrected chi connectivity index (χ2v) is 9.04. The molecule has 0 fully saturated rings. The standard InChI is InChI=1S/C25H28N2O6S/c1-4-32-21-11-8-19(9-12-21)27-34(29,30)24-17-20(10-13-23(24)31-3)26-25(28)14-15-33-22-7-5-6-18(2)16-22/h5-13,16-17,27H,4,14-15H2,1-3H3,(H,26,28). The maximum atomic E-state index is 13.0. The summed E-state index contributed by atoms with van der Waals surface area (Å²) in [7, 11) is -2.61. The molecule has 0 aromatic heterocycles. The van der Waals surface area contributed by atoms with Crippen molar-refractivity contribution >= 4 is 27.3 Å². The lowest BCUT2D eigenvalue weighted by atomic mass is 10.2. The predicted molar refractivity (Wildman–Crippen MR) is 131 cm³/mol. The zero-order valence-corrected chi connectivity index (χ0v) is 20.1. The summed E-state index contributed by atoms with van der Waals surface area (Å²) < 4.78 is 44.8. The number of ether oxygens (including phenoxy) is 3. The number of amides is 1. The first-order valence-electron chi connectivity index (χ1n) is 10.7. The van der Waals surface area contributed by atoms with Crippen molar-refractivity contribution in [2.75, 3.05) is 30.4 Å². The molecule has 9 heteroatoms. The number of nitrogens with one attached hydrogen (secondary N) is 2. The number of anilines is 2. The smallest absolute Gasteiger partial charge is 0.265 e. The number of carbonyl (C=O) groups is 1. The van der Waals surface area contributed by atoms with Crippen LogP contribution in [0.2, 0.25) is 0 Å². The van der Waals surface area contributed by atoms with E-state index in [1.54, 1.807) is 30.3 Å². The van der Waals surface area contributed by atoms with Gasteiger partial charge in [0, 0.05) is 11.4 Å². The van der Waals surface area contributed by atoms with Crippen molar-refractivity contribution in [1.29, 1.82) is 0 Å².